The van der Waals surface area contributed by atoms with Crippen molar-refractivity contribution in [3.8, 4) is 0 Å². The molecule has 0 amide bonds. The molecule has 124 valence electrons. The van der Waals surface area contributed by atoms with Gasteiger partial charge in [-0.1, -0.05) is 12.8 Å². The molecule has 0 spiro atoms. The van der Waals surface area contributed by atoms with Gasteiger partial charge in [-0.15, -0.1) is 11.3 Å². The highest BCUT2D eigenvalue weighted by atomic mass is 32.1. The van der Waals surface area contributed by atoms with E-state index in [1.807, 2.05) is 0 Å². The average Bonchev–Trinajstić information content (AvgIpc) is 3.16. The van der Waals surface area contributed by atoms with Gasteiger partial charge in [-0.3, -0.25) is 4.99 Å². The highest BCUT2D eigenvalue weighted by Gasteiger charge is 2.33. The van der Waals surface area contributed by atoms with E-state index < -0.39 is 11.9 Å². The van der Waals surface area contributed by atoms with Crippen LogP contribution in [0.2, 0.25) is 0 Å². The topological polar surface area (TPSA) is 49.3 Å². The maximum absolute atomic E-state index is 12.4. The predicted molar refractivity (Wildman–Crippen MR) is 82.1 cm³/mol. The highest BCUT2D eigenvalue weighted by molar-refractivity contribution is 7.09. The summed E-state index contributed by atoms with van der Waals surface area (Å²) in [4.78, 5) is 7.69. The van der Waals surface area contributed by atoms with Gasteiger partial charge in [0, 0.05) is 31.9 Å². The summed E-state index contributed by atoms with van der Waals surface area (Å²) in [6.07, 6.45) is 1.18. The predicted octanol–water partition coefficient (Wildman–Crippen LogP) is 3.06. The maximum Gasteiger partial charge on any atom is 0.434 e. The molecule has 0 aliphatic heterocycles. The van der Waals surface area contributed by atoms with Crippen molar-refractivity contribution in [1.29, 1.82) is 0 Å². The Morgan fingerprint density at radius 2 is 2.09 bits per heavy atom. The Hall–Kier alpha value is -1.31. The lowest BCUT2D eigenvalue weighted by Crippen LogP contribution is -2.38. The number of nitrogens with zero attached hydrogens (tertiary/aromatic N) is 2. The summed E-state index contributed by atoms with van der Waals surface area (Å²) in [6, 6.07) is 0. The van der Waals surface area contributed by atoms with Crippen LogP contribution >= 0.6 is 11.3 Å². The van der Waals surface area contributed by atoms with Gasteiger partial charge in [0.05, 0.1) is 5.01 Å². The standard InChI is InChI=1S/C14H21F3N4S/c1-18-13(19-7-2-3-10-4-5-10)20-8-6-12-21-11(9-22-12)14(15,16)17/h9-10H,2-8H2,1H3,(H2,18,19,20). The lowest BCUT2D eigenvalue weighted by atomic mass is 10.2. The highest BCUT2D eigenvalue weighted by Crippen LogP contribution is 2.33. The lowest BCUT2D eigenvalue weighted by molar-refractivity contribution is -0.140. The number of halogens is 3. The Morgan fingerprint density at radius 3 is 2.68 bits per heavy atom. The van der Waals surface area contributed by atoms with Crippen molar-refractivity contribution in [3.63, 3.8) is 0 Å². The minimum Gasteiger partial charge on any atom is -0.356 e. The zero-order valence-corrected chi connectivity index (χ0v) is 13.4. The average molecular weight is 334 g/mol. The van der Waals surface area contributed by atoms with Gasteiger partial charge in [-0.25, -0.2) is 4.98 Å². The van der Waals surface area contributed by atoms with Crippen LogP contribution in [0.15, 0.2) is 10.4 Å². The first-order valence-corrected chi connectivity index (χ1v) is 8.33. The van der Waals surface area contributed by atoms with E-state index in [2.05, 4.69) is 20.6 Å². The maximum atomic E-state index is 12.4. The molecular weight excluding hydrogens is 313 g/mol. The van der Waals surface area contributed by atoms with Crippen LogP contribution in [0.4, 0.5) is 13.2 Å². The third-order valence-electron chi connectivity index (χ3n) is 3.48. The normalized spacial score (nSPS) is 15.9. The fourth-order valence-electron chi connectivity index (χ4n) is 2.07. The molecular formula is C14H21F3N4S. The van der Waals surface area contributed by atoms with Crippen LogP contribution in [0.25, 0.3) is 0 Å². The second-order valence-corrected chi connectivity index (χ2v) is 6.33. The molecule has 1 saturated carbocycles. The van der Waals surface area contributed by atoms with Gasteiger partial charge in [-0.05, 0) is 18.8 Å². The van der Waals surface area contributed by atoms with Crippen molar-refractivity contribution in [3.05, 3.63) is 16.1 Å². The van der Waals surface area contributed by atoms with Crippen LogP contribution in [0, 0.1) is 5.92 Å². The van der Waals surface area contributed by atoms with E-state index >= 15 is 0 Å². The summed E-state index contributed by atoms with van der Waals surface area (Å²) in [5.74, 6) is 1.60. The SMILES string of the molecule is CN=C(NCCCC1CC1)NCCc1nc(C(F)(F)F)cs1. The van der Waals surface area contributed by atoms with Crippen molar-refractivity contribution in [2.24, 2.45) is 10.9 Å². The van der Waals surface area contributed by atoms with Gasteiger partial charge in [0.1, 0.15) is 0 Å². The fourth-order valence-corrected chi connectivity index (χ4v) is 2.87. The van der Waals surface area contributed by atoms with Crippen molar-refractivity contribution in [1.82, 2.24) is 15.6 Å². The third-order valence-corrected chi connectivity index (χ3v) is 4.38. The number of aromatic nitrogens is 1. The molecule has 4 nitrogen and oxygen atoms in total. The fraction of sp³-hybridized carbons (Fsp3) is 0.714. The number of hydrogen-bond acceptors (Lipinski definition) is 3. The van der Waals surface area contributed by atoms with Gasteiger partial charge in [0.15, 0.2) is 11.7 Å². The summed E-state index contributed by atoms with van der Waals surface area (Å²) in [6.45, 7) is 1.37. The second-order valence-electron chi connectivity index (χ2n) is 5.39. The molecule has 8 heteroatoms. The van der Waals surface area contributed by atoms with Gasteiger partial charge < -0.3 is 10.6 Å². The van der Waals surface area contributed by atoms with E-state index in [1.54, 1.807) is 7.05 Å². The molecule has 1 aromatic rings. The summed E-state index contributed by atoms with van der Waals surface area (Å²) in [5.41, 5.74) is -0.810. The number of hydrogen-bond donors (Lipinski definition) is 2. The summed E-state index contributed by atoms with van der Waals surface area (Å²) in [7, 11) is 1.68. The Labute approximate surface area is 132 Å². The molecule has 1 fully saturated rings. The Bertz CT molecular complexity index is 495. The number of nitrogens with one attached hydrogen (secondary N) is 2. The molecule has 0 bridgehead atoms. The molecule has 1 aromatic heterocycles. The van der Waals surface area contributed by atoms with Crippen molar-refractivity contribution in [2.75, 3.05) is 20.1 Å². The molecule has 22 heavy (non-hydrogen) atoms. The Morgan fingerprint density at radius 1 is 1.36 bits per heavy atom. The van der Waals surface area contributed by atoms with E-state index in [-0.39, 0.29) is 0 Å². The van der Waals surface area contributed by atoms with Crippen LogP contribution in [-0.4, -0.2) is 31.1 Å². The van der Waals surface area contributed by atoms with Crippen LogP contribution in [-0.2, 0) is 12.6 Å². The summed E-state index contributed by atoms with van der Waals surface area (Å²) >= 11 is 1.04. The molecule has 0 radical (unpaired) electrons. The third kappa shape index (κ3) is 5.82. The van der Waals surface area contributed by atoms with E-state index in [0.29, 0.717) is 23.9 Å². The van der Waals surface area contributed by atoms with Crippen LogP contribution in [0.5, 0.6) is 0 Å². The van der Waals surface area contributed by atoms with Gasteiger partial charge in [0.25, 0.3) is 0 Å². The van der Waals surface area contributed by atoms with E-state index in [1.165, 1.54) is 19.3 Å². The van der Waals surface area contributed by atoms with E-state index in [4.69, 9.17) is 0 Å². The Balaban J connectivity index is 1.64. The molecule has 1 heterocycles. The first-order chi connectivity index (χ1) is 10.5. The van der Waals surface area contributed by atoms with E-state index in [9.17, 15) is 13.2 Å². The zero-order valence-electron chi connectivity index (χ0n) is 12.5. The number of guanidine groups is 1. The van der Waals surface area contributed by atoms with Crippen molar-refractivity contribution in [2.45, 2.75) is 38.3 Å². The molecule has 1 aliphatic rings. The molecule has 0 aromatic carbocycles. The van der Waals surface area contributed by atoms with Gasteiger partial charge in [0.2, 0.25) is 0 Å². The smallest absolute Gasteiger partial charge is 0.356 e. The quantitative estimate of drug-likeness (QED) is 0.458. The Kier molecular flexibility index (Phi) is 6.05. The molecule has 0 atom stereocenters. The molecule has 1 aliphatic carbocycles. The number of alkyl halides is 3. The number of rotatable bonds is 7. The monoisotopic (exact) mass is 334 g/mol. The first kappa shape index (κ1) is 17.1. The van der Waals surface area contributed by atoms with Crippen molar-refractivity contribution >= 4 is 17.3 Å². The minimum absolute atomic E-state index is 0.448. The summed E-state index contributed by atoms with van der Waals surface area (Å²) < 4.78 is 37.3. The minimum atomic E-state index is -4.36. The largest absolute Gasteiger partial charge is 0.434 e. The second kappa shape index (κ2) is 7.80. The number of thiazole rings is 1. The molecule has 0 saturated heterocycles. The number of aliphatic imine (C=N–C) groups is 1. The summed E-state index contributed by atoms with van der Waals surface area (Å²) in [5, 5.41) is 7.84. The van der Waals surface area contributed by atoms with Gasteiger partial charge in [-0.2, -0.15) is 13.2 Å². The van der Waals surface area contributed by atoms with Crippen LogP contribution < -0.4 is 10.6 Å². The first-order valence-electron chi connectivity index (χ1n) is 7.45. The molecule has 0 unspecified atom stereocenters. The van der Waals surface area contributed by atoms with Crippen LogP contribution in [0.3, 0.4) is 0 Å². The zero-order chi connectivity index (χ0) is 16.0. The molecule has 2 rings (SSSR count). The van der Waals surface area contributed by atoms with Gasteiger partial charge >= 0.3 is 6.18 Å². The van der Waals surface area contributed by atoms with Crippen LogP contribution in [0.1, 0.15) is 36.4 Å². The van der Waals surface area contributed by atoms with E-state index in [0.717, 1.165) is 35.6 Å². The lowest BCUT2D eigenvalue weighted by Gasteiger charge is -2.11. The van der Waals surface area contributed by atoms with Crippen molar-refractivity contribution < 1.29 is 13.2 Å². The molecule has 2 N–H and O–H groups in total.